The smallest absolute Gasteiger partial charge is 0.300 e. The van der Waals surface area contributed by atoms with Gasteiger partial charge in [0.05, 0.1) is 17.2 Å². The summed E-state index contributed by atoms with van der Waals surface area (Å²) in [5, 5.41) is 21.6. The minimum Gasteiger partial charge on any atom is -0.379 e. The zero-order valence-corrected chi connectivity index (χ0v) is 14.8. The first-order valence-corrected chi connectivity index (χ1v) is 8.37. The lowest BCUT2D eigenvalue weighted by Gasteiger charge is -2.38. The van der Waals surface area contributed by atoms with Crippen LogP contribution in [0.5, 0.6) is 0 Å². The average molecular weight is 376 g/mol. The molecule has 1 atom stereocenters. The van der Waals surface area contributed by atoms with Crippen LogP contribution in [0.3, 0.4) is 0 Å². The van der Waals surface area contributed by atoms with Crippen molar-refractivity contribution in [3.63, 3.8) is 0 Å². The number of anilines is 1. The lowest BCUT2D eigenvalue weighted by atomic mass is 10.2. The Labute approximate surface area is 154 Å². The van der Waals surface area contributed by atoms with Gasteiger partial charge < -0.3 is 15.0 Å². The molecule has 1 fully saturated rings. The fourth-order valence-electron chi connectivity index (χ4n) is 3.06. The van der Waals surface area contributed by atoms with Gasteiger partial charge in [-0.3, -0.25) is 19.8 Å². The number of piperazine rings is 1. The molecule has 2 heterocycles. The van der Waals surface area contributed by atoms with Gasteiger partial charge in [0.25, 0.3) is 0 Å². The van der Waals surface area contributed by atoms with Gasteiger partial charge in [-0.2, -0.15) is 0 Å². The van der Waals surface area contributed by atoms with Crippen LogP contribution in [0.15, 0.2) is 29.4 Å². The van der Waals surface area contributed by atoms with Gasteiger partial charge >= 0.3 is 5.69 Å². The highest BCUT2D eigenvalue weighted by atomic mass is 16.6. The third kappa shape index (κ3) is 3.88. The molecule has 1 aromatic carbocycles. The number of aromatic nitrogens is 2. The molecule has 0 aliphatic carbocycles. The Morgan fingerprint density at radius 2 is 2.11 bits per heavy atom. The maximum absolute atomic E-state index is 11.7. The summed E-state index contributed by atoms with van der Waals surface area (Å²) in [6.45, 7) is 6.46. The minimum absolute atomic E-state index is 0.0754. The highest BCUT2D eigenvalue weighted by Gasteiger charge is 2.26. The third-order valence-corrected chi connectivity index (χ3v) is 4.54. The van der Waals surface area contributed by atoms with Crippen molar-refractivity contribution in [2.75, 3.05) is 45.2 Å². The molecule has 11 heteroatoms. The van der Waals surface area contributed by atoms with Gasteiger partial charge in [0.15, 0.2) is 5.52 Å². The number of nitro benzene ring substituents is 1. The summed E-state index contributed by atoms with van der Waals surface area (Å²) >= 11 is 0. The van der Waals surface area contributed by atoms with Crippen LogP contribution in [0.1, 0.15) is 0 Å². The Morgan fingerprint density at radius 1 is 1.41 bits per heavy atom. The number of nitro groups is 1. The maximum atomic E-state index is 11.7. The Morgan fingerprint density at radius 3 is 2.74 bits per heavy atom. The molecular weight excluding hydrogens is 356 g/mol. The molecule has 1 amide bonds. The molecule has 1 unspecified atom stereocenters. The number of benzene rings is 1. The molecule has 1 N–H and O–H groups in total. The van der Waals surface area contributed by atoms with E-state index in [1.165, 1.54) is 12.1 Å². The summed E-state index contributed by atoms with van der Waals surface area (Å²) in [6.07, 6.45) is 1.08. The molecule has 2 aromatic rings. The van der Waals surface area contributed by atoms with Crippen LogP contribution in [0.2, 0.25) is 0 Å². The average Bonchev–Trinajstić information content (AvgIpc) is 3.18. The number of carbonyl (C=O) groups excluding carboxylic acids is 1. The van der Waals surface area contributed by atoms with E-state index in [1.54, 1.807) is 18.1 Å². The van der Waals surface area contributed by atoms with Crippen molar-refractivity contribution < 1.29 is 19.1 Å². The molecular formula is C16H20N6O5. The molecule has 0 radical (unpaired) electrons. The van der Waals surface area contributed by atoms with Crippen LogP contribution >= 0.6 is 0 Å². The number of nitrogens with one attached hydrogen (secondary N) is 1. The summed E-state index contributed by atoms with van der Waals surface area (Å²) in [5.41, 5.74) is 0.790. The second-order valence-electron chi connectivity index (χ2n) is 5.99. The Hall–Kier alpha value is -3.05. The van der Waals surface area contributed by atoms with Crippen LogP contribution in [0, 0.1) is 10.1 Å². The topological polar surface area (TPSA) is 127 Å². The van der Waals surface area contributed by atoms with E-state index in [4.69, 9.17) is 4.74 Å². The zero-order chi connectivity index (χ0) is 19.4. The summed E-state index contributed by atoms with van der Waals surface area (Å²) in [6, 6.07) is 2.93. The van der Waals surface area contributed by atoms with E-state index in [0.717, 1.165) is 0 Å². The Balaban J connectivity index is 1.65. The third-order valence-electron chi connectivity index (χ3n) is 4.54. The molecule has 0 saturated carbocycles. The highest BCUT2D eigenvalue weighted by molar-refractivity contribution is 5.93. The standard InChI is InChI=1S/C16H20N6O5/c1-3-13(23)20-6-8-21(9-7-20)14(26-2)10-17-11-4-5-12(22(24)25)16-15(11)18-27-19-16/h3-5,14,17H,1,6-10H2,2H3. The number of rotatable bonds is 7. The number of methoxy groups -OCH3 is 1. The molecule has 1 saturated heterocycles. The van der Waals surface area contributed by atoms with Crippen LogP contribution in [-0.4, -0.2) is 77.0 Å². The second kappa shape index (κ2) is 8.10. The van der Waals surface area contributed by atoms with E-state index in [1.807, 2.05) is 0 Å². The van der Waals surface area contributed by atoms with Gasteiger partial charge in [0, 0.05) is 39.4 Å². The van der Waals surface area contributed by atoms with Crippen molar-refractivity contribution in [2.24, 2.45) is 0 Å². The molecule has 1 aromatic heterocycles. The minimum atomic E-state index is -0.529. The fourth-order valence-corrected chi connectivity index (χ4v) is 3.06. The predicted octanol–water partition coefficient (Wildman–Crippen LogP) is 0.846. The highest BCUT2D eigenvalue weighted by Crippen LogP contribution is 2.28. The normalized spacial score (nSPS) is 16.3. The number of non-ortho nitro benzene ring substituents is 1. The summed E-state index contributed by atoms with van der Waals surface area (Å²) in [7, 11) is 1.61. The first-order chi connectivity index (χ1) is 13.0. The van der Waals surface area contributed by atoms with Crippen molar-refractivity contribution in [2.45, 2.75) is 6.23 Å². The van der Waals surface area contributed by atoms with E-state index in [0.29, 0.717) is 43.9 Å². The van der Waals surface area contributed by atoms with Crippen molar-refractivity contribution in [3.8, 4) is 0 Å². The van der Waals surface area contributed by atoms with E-state index < -0.39 is 4.92 Å². The monoisotopic (exact) mass is 376 g/mol. The summed E-state index contributed by atoms with van der Waals surface area (Å²) in [5.74, 6) is -0.0754. The molecule has 0 bridgehead atoms. The number of hydrogen-bond acceptors (Lipinski definition) is 9. The van der Waals surface area contributed by atoms with Gasteiger partial charge in [0.2, 0.25) is 11.4 Å². The second-order valence-corrected chi connectivity index (χ2v) is 5.99. The maximum Gasteiger partial charge on any atom is 0.300 e. The van der Waals surface area contributed by atoms with Gasteiger partial charge in [-0.05, 0) is 22.5 Å². The van der Waals surface area contributed by atoms with E-state index >= 15 is 0 Å². The lowest BCUT2D eigenvalue weighted by Crippen LogP contribution is -2.53. The first-order valence-electron chi connectivity index (χ1n) is 8.37. The number of hydrogen-bond donors (Lipinski definition) is 1. The van der Waals surface area contributed by atoms with Crippen molar-refractivity contribution in [1.82, 2.24) is 20.1 Å². The van der Waals surface area contributed by atoms with Gasteiger partial charge in [-0.15, -0.1) is 0 Å². The van der Waals surface area contributed by atoms with E-state index in [-0.39, 0.29) is 23.3 Å². The van der Waals surface area contributed by atoms with Gasteiger partial charge in [-0.25, -0.2) is 4.63 Å². The molecule has 11 nitrogen and oxygen atoms in total. The van der Waals surface area contributed by atoms with E-state index in [2.05, 4.69) is 31.7 Å². The molecule has 27 heavy (non-hydrogen) atoms. The fraction of sp³-hybridized carbons (Fsp3) is 0.438. The molecule has 1 aliphatic heterocycles. The predicted molar refractivity (Wildman–Crippen MR) is 96.1 cm³/mol. The first kappa shape index (κ1) is 18.7. The zero-order valence-electron chi connectivity index (χ0n) is 14.8. The SMILES string of the molecule is C=CC(=O)N1CCN(C(CNc2ccc([N+](=O)[O-])c3nonc23)OC)CC1. The molecule has 1 aliphatic rings. The number of fused-ring (bicyclic) bond motifs is 1. The van der Waals surface area contributed by atoms with Crippen LogP contribution in [0.25, 0.3) is 11.0 Å². The number of ether oxygens (including phenoxy) is 1. The number of carbonyl (C=O) groups is 1. The molecule has 0 spiro atoms. The number of amides is 1. The summed E-state index contributed by atoms with van der Waals surface area (Å²) in [4.78, 5) is 26.1. The largest absolute Gasteiger partial charge is 0.379 e. The van der Waals surface area contributed by atoms with Gasteiger partial charge in [0.1, 0.15) is 6.23 Å². The Kier molecular flexibility index (Phi) is 5.62. The van der Waals surface area contributed by atoms with Gasteiger partial charge in [-0.1, -0.05) is 6.58 Å². The van der Waals surface area contributed by atoms with Crippen molar-refractivity contribution in [1.29, 1.82) is 0 Å². The van der Waals surface area contributed by atoms with Crippen molar-refractivity contribution in [3.05, 3.63) is 34.9 Å². The summed E-state index contributed by atoms with van der Waals surface area (Å²) < 4.78 is 10.2. The van der Waals surface area contributed by atoms with Crippen molar-refractivity contribution >= 4 is 28.3 Å². The van der Waals surface area contributed by atoms with Crippen LogP contribution < -0.4 is 5.32 Å². The Bertz CT molecular complexity index is 845. The number of nitrogens with zero attached hydrogens (tertiary/aromatic N) is 5. The lowest BCUT2D eigenvalue weighted by molar-refractivity contribution is -0.383. The molecule has 3 rings (SSSR count). The van der Waals surface area contributed by atoms with Crippen LogP contribution in [-0.2, 0) is 9.53 Å². The van der Waals surface area contributed by atoms with Crippen LogP contribution in [0.4, 0.5) is 11.4 Å². The molecule has 144 valence electrons. The van der Waals surface area contributed by atoms with E-state index in [9.17, 15) is 14.9 Å². The quantitative estimate of drug-likeness (QED) is 0.425.